The molecule has 1 aliphatic carbocycles. The molecule has 5 rings (SSSR count). The van der Waals surface area contributed by atoms with E-state index in [-0.39, 0.29) is 28.5 Å². The van der Waals surface area contributed by atoms with E-state index >= 15 is 0 Å². The molecule has 146 valence electrons. The van der Waals surface area contributed by atoms with Gasteiger partial charge in [0.1, 0.15) is 0 Å². The van der Waals surface area contributed by atoms with Gasteiger partial charge in [-0.15, -0.1) is 0 Å². The number of carbonyl (C=O) groups excluding carboxylic acids is 1. The fourth-order valence-electron chi connectivity index (χ4n) is 5.71. The lowest BCUT2D eigenvalue weighted by Gasteiger charge is -2.46. The van der Waals surface area contributed by atoms with Crippen LogP contribution in [0.1, 0.15) is 37.1 Å². The van der Waals surface area contributed by atoms with Crippen LogP contribution in [-0.4, -0.2) is 34.4 Å². The number of fused-ring (bicyclic) bond motifs is 7. The van der Waals surface area contributed by atoms with Gasteiger partial charge in [0.15, 0.2) is 0 Å². The SMILES string of the molecule is COC(=O)C1=CN2CCc3c([nH]c4ccc([N+](=O)[O-])cc34)C2[C@H]2C1CC[C@@H]2C. The molecule has 0 amide bonds. The Balaban J connectivity index is 1.66. The van der Waals surface area contributed by atoms with Crippen molar-refractivity contribution in [2.24, 2.45) is 17.8 Å². The molecule has 28 heavy (non-hydrogen) atoms. The number of nitro groups is 1. The van der Waals surface area contributed by atoms with E-state index in [9.17, 15) is 14.9 Å². The third kappa shape index (κ3) is 2.31. The second kappa shape index (κ2) is 6.09. The number of nitro benzene ring substituents is 1. The van der Waals surface area contributed by atoms with Gasteiger partial charge >= 0.3 is 5.97 Å². The molecule has 0 spiro atoms. The van der Waals surface area contributed by atoms with Gasteiger partial charge < -0.3 is 14.6 Å². The normalized spacial score (nSPS) is 28.4. The van der Waals surface area contributed by atoms with Crippen molar-refractivity contribution in [1.29, 1.82) is 0 Å². The minimum Gasteiger partial charge on any atom is -0.466 e. The lowest BCUT2D eigenvalue weighted by Crippen LogP contribution is -2.44. The minimum atomic E-state index is -0.338. The topological polar surface area (TPSA) is 88.5 Å². The maximum absolute atomic E-state index is 12.4. The molecule has 1 saturated carbocycles. The molecule has 2 aliphatic heterocycles. The van der Waals surface area contributed by atoms with E-state index in [1.54, 1.807) is 12.1 Å². The highest BCUT2D eigenvalue weighted by Gasteiger charge is 2.49. The van der Waals surface area contributed by atoms with Crippen molar-refractivity contribution in [1.82, 2.24) is 9.88 Å². The van der Waals surface area contributed by atoms with Gasteiger partial charge in [-0.2, -0.15) is 0 Å². The van der Waals surface area contributed by atoms with Crippen LogP contribution in [0.15, 0.2) is 30.0 Å². The number of aromatic nitrogens is 1. The summed E-state index contributed by atoms with van der Waals surface area (Å²) in [6.45, 7) is 3.06. The zero-order valence-electron chi connectivity index (χ0n) is 16.0. The number of nitrogens with one attached hydrogen (secondary N) is 1. The first-order chi connectivity index (χ1) is 13.5. The summed E-state index contributed by atoms with van der Waals surface area (Å²) >= 11 is 0. The van der Waals surface area contributed by atoms with Gasteiger partial charge in [0.25, 0.3) is 5.69 Å². The van der Waals surface area contributed by atoms with Gasteiger partial charge in [-0.1, -0.05) is 6.92 Å². The zero-order valence-corrected chi connectivity index (χ0v) is 16.0. The first kappa shape index (κ1) is 17.3. The first-order valence-corrected chi connectivity index (χ1v) is 9.84. The highest BCUT2D eigenvalue weighted by Crippen LogP contribution is 2.54. The summed E-state index contributed by atoms with van der Waals surface area (Å²) in [5.41, 5.74) is 4.21. The van der Waals surface area contributed by atoms with Gasteiger partial charge in [-0.3, -0.25) is 10.1 Å². The molecule has 0 radical (unpaired) electrons. The third-order valence-corrected chi connectivity index (χ3v) is 6.95. The number of rotatable bonds is 2. The second-order valence-corrected chi connectivity index (χ2v) is 8.25. The summed E-state index contributed by atoms with van der Waals surface area (Å²) in [4.78, 5) is 29.1. The molecule has 1 N–H and O–H groups in total. The molecule has 3 heterocycles. The monoisotopic (exact) mass is 381 g/mol. The van der Waals surface area contributed by atoms with Gasteiger partial charge in [0.2, 0.25) is 0 Å². The molecule has 7 nitrogen and oxygen atoms in total. The van der Waals surface area contributed by atoms with Crippen LogP contribution >= 0.6 is 0 Å². The Bertz CT molecular complexity index is 1020. The summed E-state index contributed by atoms with van der Waals surface area (Å²) in [7, 11) is 1.45. The Morgan fingerprint density at radius 1 is 1.36 bits per heavy atom. The van der Waals surface area contributed by atoms with Gasteiger partial charge in [-0.25, -0.2) is 4.79 Å². The predicted octanol–water partition coefficient (Wildman–Crippen LogP) is 3.71. The molecule has 2 unspecified atom stereocenters. The summed E-state index contributed by atoms with van der Waals surface area (Å²) < 4.78 is 5.06. The first-order valence-electron chi connectivity index (χ1n) is 9.84. The summed E-state index contributed by atoms with van der Waals surface area (Å²) in [5.74, 6) is 0.815. The number of H-pyrrole nitrogens is 1. The summed E-state index contributed by atoms with van der Waals surface area (Å²) in [6, 6.07) is 5.23. The Labute approximate surface area is 162 Å². The fraction of sp³-hybridized carbons (Fsp3) is 0.476. The van der Waals surface area contributed by atoms with Gasteiger partial charge in [-0.05, 0) is 48.6 Å². The maximum atomic E-state index is 12.4. The average Bonchev–Trinajstić information content (AvgIpc) is 3.26. The number of nitrogens with zero attached hydrogens (tertiary/aromatic N) is 2. The standard InChI is InChI=1S/C21H23N3O4/c1-11-3-5-13-16(21(25)28-2)10-23-8-7-14-15-9-12(24(26)27)4-6-17(15)22-19(14)20(23)18(11)13/h4,6,9-11,13,18,20,22H,3,5,7-8H2,1-2H3/t11-,13?,18+,20?/m0/s1. The van der Waals surface area contributed by atoms with Crippen LogP contribution in [0.25, 0.3) is 10.9 Å². The lowest BCUT2D eigenvalue weighted by molar-refractivity contribution is -0.384. The van der Waals surface area contributed by atoms with Crippen molar-refractivity contribution in [3.63, 3.8) is 0 Å². The molecule has 1 aromatic carbocycles. The van der Waals surface area contributed by atoms with Crippen molar-refractivity contribution in [3.8, 4) is 0 Å². The van der Waals surface area contributed by atoms with Gasteiger partial charge in [0, 0.05) is 41.5 Å². The maximum Gasteiger partial charge on any atom is 0.335 e. The highest BCUT2D eigenvalue weighted by molar-refractivity contribution is 5.90. The lowest BCUT2D eigenvalue weighted by atomic mass is 9.74. The Kier molecular flexibility index (Phi) is 3.76. The quantitative estimate of drug-likeness (QED) is 0.487. The summed E-state index contributed by atoms with van der Waals surface area (Å²) in [5, 5.41) is 12.2. The number of carbonyl (C=O) groups is 1. The zero-order chi connectivity index (χ0) is 19.6. The predicted molar refractivity (Wildman–Crippen MR) is 104 cm³/mol. The largest absolute Gasteiger partial charge is 0.466 e. The average molecular weight is 381 g/mol. The number of hydrogen-bond donors (Lipinski definition) is 1. The van der Waals surface area contributed by atoms with Crippen molar-refractivity contribution >= 4 is 22.6 Å². The number of non-ortho nitro benzene ring substituents is 1. The molecule has 3 aliphatic rings. The smallest absolute Gasteiger partial charge is 0.335 e. The van der Waals surface area contributed by atoms with Crippen LogP contribution in [0.5, 0.6) is 0 Å². The molecule has 1 fully saturated rings. The van der Waals surface area contributed by atoms with Crippen LogP contribution in [0, 0.1) is 27.9 Å². The number of aromatic amines is 1. The molecular weight excluding hydrogens is 358 g/mol. The molecule has 1 aromatic heterocycles. The van der Waals surface area contributed by atoms with Crippen LogP contribution in [0.2, 0.25) is 0 Å². The van der Waals surface area contributed by atoms with E-state index in [1.807, 2.05) is 12.3 Å². The van der Waals surface area contributed by atoms with E-state index in [0.29, 0.717) is 11.8 Å². The second-order valence-electron chi connectivity index (χ2n) is 8.25. The number of hydrogen-bond acceptors (Lipinski definition) is 5. The Morgan fingerprint density at radius 2 is 2.18 bits per heavy atom. The van der Waals surface area contributed by atoms with Crippen molar-refractivity contribution in [2.45, 2.75) is 32.2 Å². The van der Waals surface area contributed by atoms with Crippen molar-refractivity contribution in [3.05, 3.63) is 51.3 Å². The number of methoxy groups -OCH3 is 1. The number of ether oxygens (including phenoxy) is 1. The van der Waals surface area contributed by atoms with Crippen LogP contribution in [0.3, 0.4) is 0 Å². The fourth-order valence-corrected chi connectivity index (χ4v) is 5.71. The van der Waals surface area contributed by atoms with Gasteiger partial charge in [0.05, 0.1) is 23.6 Å². The Morgan fingerprint density at radius 3 is 2.93 bits per heavy atom. The van der Waals surface area contributed by atoms with Crippen LogP contribution in [0.4, 0.5) is 5.69 Å². The highest BCUT2D eigenvalue weighted by atomic mass is 16.6. The van der Waals surface area contributed by atoms with Crippen molar-refractivity contribution < 1.29 is 14.5 Å². The van der Waals surface area contributed by atoms with E-state index < -0.39 is 0 Å². The van der Waals surface area contributed by atoms with E-state index in [1.165, 1.54) is 12.7 Å². The number of benzene rings is 1. The van der Waals surface area contributed by atoms with E-state index in [0.717, 1.165) is 48.0 Å². The van der Waals surface area contributed by atoms with E-state index in [4.69, 9.17) is 4.74 Å². The molecule has 7 heteroatoms. The molecule has 0 bridgehead atoms. The summed E-state index contributed by atoms with van der Waals surface area (Å²) in [6.07, 6.45) is 4.89. The number of esters is 1. The van der Waals surface area contributed by atoms with E-state index in [2.05, 4.69) is 16.8 Å². The molecule has 2 aromatic rings. The molecule has 0 saturated heterocycles. The third-order valence-electron chi connectivity index (χ3n) is 6.95. The van der Waals surface area contributed by atoms with Crippen LogP contribution < -0.4 is 0 Å². The Hall–Kier alpha value is -2.83. The van der Waals surface area contributed by atoms with Crippen molar-refractivity contribution in [2.75, 3.05) is 13.7 Å². The van der Waals surface area contributed by atoms with Crippen LogP contribution in [-0.2, 0) is 16.0 Å². The molecular formula is C21H23N3O4. The minimum absolute atomic E-state index is 0.125. The molecule has 4 atom stereocenters.